The molecule has 0 unspecified atom stereocenters. The predicted octanol–water partition coefficient (Wildman–Crippen LogP) is -1.27. The van der Waals surface area contributed by atoms with Crippen molar-refractivity contribution in [3.63, 3.8) is 0 Å². The molecule has 0 radical (unpaired) electrons. The van der Waals surface area contributed by atoms with Gasteiger partial charge in [-0.15, -0.1) is 0 Å². The van der Waals surface area contributed by atoms with E-state index in [-0.39, 0.29) is 34.4 Å². The molecule has 3 heterocycles. The lowest BCUT2D eigenvalue weighted by Crippen LogP contribution is -2.53. The Hall–Kier alpha value is -4.90. The van der Waals surface area contributed by atoms with E-state index in [9.17, 15) is 59.3 Å². The van der Waals surface area contributed by atoms with Crippen LogP contribution in [0.4, 0.5) is 4.39 Å². The molecule has 2 aliphatic heterocycles. The number of aliphatic hydroxyl groups excluding tert-OH is 4. The van der Waals surface area contributed by atoms with Gasteiger partial charge in [-0.25, -0.2) is 4.79 Å². The summed E-state index contributed by atoms with van der Waals surface area (Å²) in [5, 5.41) is 81.7. The van der Waals surface area contributed by atoms with E-state index in [2.05, 4.69) is 4.98 Å². The van der Waals surface area contributed by atoms with Crippen molar-refractivity contribution in [3.05, 3.63) is 74.1 Å². The van der Waals surface area contributed by atoms with Crippen LogP contribution in [0.1, 0.15) is 82.0 Å². The van der Waals surface area contributed by atoms with E-state index in [4.69, 9.17) is 29.8 Å². The molecule has 19 nitrogen and oxygen atoms in total. The van der Waals surface area contributed by atoms with Gasteiger partial charge in [0.25, 0.3) is 5.88 Å². The van der Waals surface area contributed by atoms with Gasteiger partial charge in [-0.05, 0) is 19.9 Å². The number of phenols is 2. The van der Waals surface area contributed by atoms with Crippen molar-refractivity contribution in [2.75, 3.05) is 13.7 Å². The standard InChI is InChI=1S/C27H29NO11.C9H11FN2O5/c1-10-22(31)13(28)6-17(38-10)39-15-8-27(36,16(30)9-29)7-12-19(15)26(35)21-20(24(12)33)23(32)11-4-3-5-14(37-2)18(11)25(21)34;1-3-5(13)6(14)8(17-3)12-2-4(10)7(15)11-9(12)16/h3-5,10,13,15,17,22,29,31,33,35-36H,6-9,28H2,1-2H3;2-3,5-6,8,13-14H,1H3,(H,11,15,16)/t10-,13-,15-,17-,22+,27-;3-,5-,6-,8-/m01/s1. The van der Waals surface area contributed by atoms with Crippen LogP contribution in [0.2, 0.25) is 0 Å². The second-order valence-corrected chi connectivity index (χ2v) is 14.0. The highest BCUT2D eigenvalue weighted by Crippen LogP contribution is 2.52. The highest BCUT2D eigenvalue weighted by molar-refractivity contribution is 6.31. The number of aromatic hydroxyl groups is 3. The smallest absolute Gasteiger partial charge is 0.353 e. The third-order valence-corrected chi connectivity index (χ3v) is 10.4. The van der Waals surface area contributed by atoms with E-state index in [0.717, 1.165) is 0 Å². The second kappa shape index (κ2) is 15.2. The number of phenolic OH excluding ortho intramolecular Hbond substituents is 2. The summed E-state index contributed by atoms with van der Waals surface area (Å²) in [6.45, 7) is 2.06. The lowest BCUT2D eigenvalue weighted by atomic mass is 9.72. The second-order valence-electron chi connectivity index (χ2n) is 14.0. The SMILES string of the molecule is COc1cccc2c1C(=O)c1c(O)c3c(c(O)c1C2=O)C[C@@](O)(C(=O)CO)C[C@@H]3O[C@H]1C[C@H](N)[C@H](O)[C@H](C)O1.C[C@H]1O[C@@H](n2cc(F)c(O)nc2=O)[C@H](O)[C@@H]1O. The molecule has 0 saturated carbocycles. The van der Waals surface area contributed by atoms with Crippen LogP contribution >= 0.6 is 0 Å². The number of carbonyl (C=O) groups excluding carboxylic acids is 3. The molecule has 0 spiro atoms. The van der Waals surface area contributed by atoms with Crippen LogP contribution in [0, 0.1) is 5.82 Å². The van der Waals surface area contributed by atoms with Crippen molar-refractivity contribution in [1.29, 1.82) is 0 Å². The summed E-state index contributed by atoms with van der Waals surface area (Å²) < 4.78 is 35.9. The number of ketones is 3. The van der Waals surface area contributed by atoms with Crippen molar-refractivity contribution >= 4 is 17.3 Å². The largest absolute Gasteiger partial charge is 0.507 e. The molecule has 2 aliphatic carbocycles. The van der Waals surface area contributed by atoms with E-state index in [0.29, 0.717) is 10.8 Å². The summed E-state index contributed by atoms with van der Waals surface area (Å²) in [5.41, 5.74) is 1.40. The van der Waals surface area contributed by atoms with Gasteiger partial charge in [0.2, 0.25) is 11.6 Å². The number of Topliss-reactive ketones (excluding diaryl/α,β-unsaturated/α-hetero) is 1. The Bertz CT molecular complexity index is 2130. The van der Waals surface area contributed by atoms with Crippen LogP contribution in [0.15, 0.2) is 29.2 Å². The van der Waals surface area contributed by atoms with Crippen LogP contribution in [0.25, 0.3) is 0 Å². The van der Waals surface area contributed by atoms with Crippen molar-refractivity contribution in [1.82, 2.24) is 9.55 Å². The van der Waals surface area contributed by atoms with Crippen molar-refractivity contribution < 1.29 is 78.6 Å². The first kappa shape index (κ1) is 40.8. The van der Waals surface area contributed by atoms with Gasteiger partial charge >= 0.3 is 5.69 Å². The molecule has 56 heavy (non-hydrogen) atoms. The summed E-state index contributed by atoms with van der Waals surface area (Å²) >= 11 is 0. The minimum absolute atomic E-state index is 0.0173. The fourth-order valence-electron chi connectivity index (χ4n) is 7.43. The molecule has 2 aromatic carbocycles. The van der Waals surface area contributed by atoms with Crippen molar-refractivity contribution in [3.8, 4) is 23.1 Å². The van der Waals surface area contributed by atoms with Gasteiger partial charge in [0.05, 0.1) is 54.4 Å². The first-order chi connectivity index (χ1) is 26.3. The Balaban J connectivity index is 0.000000261. The number of ether oxygens (including phenoxy) is 4. The highest BCUT2D eigenvalue weighted by atomic mass is 19.1. The molecular formula is C36H40FN3O16. The number of halogens is 1. The van der Waals surface area contributed by atoms with Crippen LogP contribution in [-0.4, -0.2) is 130 Å². The quantitative estimate of drug-likeness (QED) is 0.103. The van der Waals surface area contributed by atoms with Gasteiger partial charge in [0, 0.05) is 42.0 Å². The van der Waals surface area contributed by atoms with E-state index in [1.807, 2.05) is 0 Å². The maximum atomic E-state index is 13.6. The lowest BCUT2D eigenvalue weighted by Gasteiger charge is -2.42. The average molecular weight is 790 g/mol. The Kier molecular flexibility index (Phi) is 11.1. The number of nitrogens with zero attached hydrogens (tertiary/aromatic N) is 2. The average Bonchev–Trinajstić information content (AvgIpc) is 3.41. The number of hydrogen-bond acceptors (Lipinski definition) is 18. The molecule has 0 bridgehead atoms. The van der Waals surface area contributed by atoms with Gasteiger partial charge in [0.1, 0.15) is 41.7 Å². The van der Waals surface area contributed by atoms with E-state index in [1.54, 1.807) is 6.92 Å². The summed E-state index contributed by atoms with van der Waals surface area (Å²) in [4.78, 5) is 54.1. The predicted molar refractivity (Wildman–Crippen MR) is 183 cm³/mol. The van der Waals surface area contributed by atoms with Crippen LogP contribution in [0.3, 0.4) is 0 Å². The summed E-state index contributed by atoms with van der Waals surface area (Å²) in [6.07, 6.45) is -8.92. The first-order valence-corrected chi connectivity index (χ1v) is 17.3. The van der Waals surface area contributed by atoms with E-state index < -0.39 is 138 Å². The number of nitrogens with two attached hydrogens (primary N) is 1. The van der Waals surface area contributed by atoms with E-state index in [1.165, 1.54) is 32.2 Å². The Labute approximate surface area is 315 Å². The first-order valence-electron chi connectivity index (χ1n) is 17.3. The number of fused-ring (bicyclic) bond motifs is 3. The van der Waals surface area contributed by atoms with Crippen molar-refractivity contribution in [2.24, 2.45) is 5.73 Å². The number of methoxy groups -OCH3 is 1. The summed E-state index contributed by atoms with van der Waals surface area (Å²) in [5.74, 6) is -5.91. The van der Waals surface area contributed by atoms with E-state index >= 15 is 0 Å². The minimum atomic E-state index is -2.24. The number of aliphatic hydroxyl groups is 5. The molecular weight excluding hydrogens is 749 g/mol. The Morgan fingerprint density at radius 1 is 1.00 bits per heavy atom. The molecule has 4 aliphatic rings. The molecule has 10 atom stereocenters. The fourth-order valence-corrected chi connectivity index (χ4v) is 7.43. The molecule has 20 heteroatoms. The number of carbonyl (C=O) groups is 3. The maximum absolute atomic E-state index is 13.6. The number of rotatable bonds is 6. The third-order valence-electron chi connectivity index (χ3n) is 10.4. The van der Waals surface area contributed by atoms with Gasteiger partial charge in [-0.2, -0.15) is 9.37 Å². The third kappa shape index (κ3) is 6.82. The van der Waals surface area contributed by atoms with Crippen molar-refractivity contribution in [2.45, 2.75) is 93.9 Å². The summed E-state index contributed by atoms with van der Waals surface area (Å²) in [6, 6.07) is 3.64. The molecule has 0 amide bonds. The van der Waals surface area contributed by atoms with Gasteiger partial charge < -0.3 is 65.5 Å². The normalized spacial score (nSPS) is 30.8. The molecule has 1 aromatic heterocycles. The van der Waals surface area contributed by atoms with Gasteiger partial charge in [0.15, 0.2) is 24.1 Å². The number of hydrogen-bond donors (Lipinski definition) is 9. The van der Waals surface area contributed by atoms with Crippen LogP contribution < -0.4 is 16.2 Å². The minimum Gasteiger partial charge on any atom is -0.507 e. The monoisotopic (exact) mass is 789 g/mol. The zero-order valence-electron chi connectivity index (χ0n) is 30.0. The molecule has 3 aromatic rings. The molecule has 2 fully saturated rings. The molecule has 10 N–H and O–H groups in total. The fraction of sp³-hybridized carbons (Fsp3) is 0.472. The Morgan fingerprint density at radius 2 is 1.66 bits per heavy atom. The number of benzene rings is 2. The summed E-state index contributed by atoms with van der Waals surface area (Å²) in [7, 11) is 1.32. The highest BCUT2D eigenvalue weighted by Gasteiger charge is 2.50. The van der Waals surface area contributed by atoms with Crippen LogP contribution in [0.5, 0.6) is 23.1 Å². The number of aromatic nitrogens is 2. The maximum Gasteiger partial charge on any atom is 0.353 e. The van der Waals surface area contributed by atoms with Gasteiger partial charge in [-0.3, -0.25) is 19.0 Å². The molecule has 302 valence electrons. The van der Waals surface area contributed by atoms with Gasteiger partial charge in [-0.1, -0.05) is 12.1 Å². The Morgan fingerprint density at radius 3 is 2.27 bits per heavy atom. The van der Waals surface area contributed by atoms with Crippen LogP contribution in [-0.2, 0) is 25.4 Å². The molecule has 7 rings (SSSR count). The molecule has 2 saturated heterocycles. The topological polar surface area (TPSA) is 311 Å². The zero-order valence-corrected chi connectivity index (χ0v) is 30.0. The zero-order chi connectivity index (χ0) is 41.1. The lowest BCUT2D eigenvalue weighted by molar-refractivity contribution is -0.247.